The van der Waals surface area contributed by atoms with Gasteiger partial charge < -0.3 is 10.4 Å². The molecule has 2 N–H and O–H groups in total. The lowest BCUT2D eigenvalue weighted by Crippen LogP contribution is -2.34. The highest BCUT2D eigenvalue weighted by Crippen LogP contribution is 2.29. The molecule has 2 aromatic carbocycles. The van der Waals surface area contributed by atoms with Crippen LogP contribution < -0.4 is 10.2 Å². The number of benzene rings is 2. The molecule has 1 aliphatic heterocycles. The molecule has 8 heteroatoms. The molecule has 6 nitrogen and oxygen atoms in total. The molecule has 0 saturated carbocycles. The highest BCUT2D eigenvalue weighted by molar-refractivity contribution is 6.33. The molecule has 1 heterocycles. The molecule has 128 valence electrons. The molecule has 25 heavy (non-hydrogen) atoms. The Kier molecular flexibility index (Phi) is 4.65. The third kappa shape index (κ3) is 3.45. The minimum absolute atomic E-state index is 0.0261. The lowest BCUT2D eigenvalue weighted by atomic mass is 10.1. The minimum Gasteiger partial charge on any atom is -0.478 e. The van der Waals surface area contributed by atoms with Crippen molar-refractivity contribution < 1.29 is 19.5 Å². The van der Waals surface area contributed by atoms with Crippen LogP contribution in [0.3, 0.4) is 0 Å². The van der Waals surface area contributed by atoms with Crippen LogP contribution >= 0.6 is 23.2 Å². The number of nitrogens with zero attached hydrogens (tertiary/aromatic N) is 1. The van der Waals surface area contributed by atoms with Crippen molar-refractivity contribution in [3.8, 4) is 0 Å². The van der Waals surface area contributed by atoms with Crippen LogP contribution in [0.25, 0.3) is 0 Å². The predicted molar refractivity (Wildman–Crippen MR) is 94.4 cm³/mol. The Bertz CT molecular complexity index is 867. The number of amides is 2. The summed E-state index contributed by atoms with van der Waals surface area (Å²) >= 11 is 11.9. The molecule has 0 spiro atoms. The van der Waals surface area contributed by atoms with Gasteiger partial charge in [-0.2, -0.15) is 0 Å². The summed E-state index contributed by atoms with van der Waals surface area (Å²) in [5, 5.41) is 12.7. The van der Waals surface area contributed by atoms with Gasteiger partial charge in [-0.15, -0.1) is 0 Å². The van der Waals surface area contributed by atoms with Gasteiger partial charge in [0.05, 0.1) is 28.4 Å². The summed E-state index contributed by atoms with van der Waals surface area (Å²) in [5.41, 5.74) is 0.734. The van der Waals surface area contributed by atoms with Gasteiger partial charge in [0.1, 0.15) is 6.04 Å². The molecule has 0 aromatic heterocycles. The van der Waals surface area contributed by atoms with Gasteiger partial charge in [0.2, 0.25) is 5.91 Å². The summed E-state index contributed by atoms with van der Waals surface area (Å²) in [7, 11) is 0. The summed E-state index contributed by atoms with van der Waals surface area (Å²) < 4.78 is 0. The molecule has 2 amide bonds. The molecule has 2 aromatic rings. The first kappa shape index (κ1) is 17.3. The summed E-state index contributed by atoms with van der Waals surface area (Å²) in [6, 6.07) is 9.62. The number of halogens is 2. The third-order valence-electron chi connectivity index (χ3n) is 3.77. The number of hydrogen-bond donors (Lipinski definition) is 2. The fourth-order valence-electron chi connectivity index (χ4n) is 2.56. The van der Waals surface area contributed by atoms with Crippen molar-refractivity contribution in [2.24, 2.45) is 0 Å². The monoisotopic (exact) mass is 378 g/mol. The van der Waals surface area contributed by atoms with E-state index in [1.165, 1.54) is 18.2 Å². The standard InChI is InChI=1S/C17H12Cl2N2O4/c18-10-2-4-11(5-3-10)21-15(22)8-14(16(21)23)20-13-7-9(17(24)25)1-6-12(13)19/h1-7,14,20H,8H2,(H,24,25). The van der Waals surface area contributed by atoms with Gasteiger partial charge in [-0.1, -0.05) is 23.2 Å². The van der Waals surface area contributed by atoms with Crippen LogP contribution in [0.15, 0.2) is 42.5 Å². The van der Waals surface area contributed by atoms with Gasteiger partial charge in [0, 0.05) is 5.02 Å². The van der Waals surface area contributed by atoms with Crippen LogP contribution in [0, 0.1) is 0 Å². The zero-order valence-corrected chi connectivity index (χ0v) is 14.2. The summed E-state index contributed by atoms with van der Waals surface area (Å²) in [6.45, 7) is 0. The van der Waals surface area contributed by atoms with Crippen molar-refractivity contribution in [2.45, 2.75) is 12.5 Å². The molecule has 1 unspecified atom stereocenters. The molecule has 1 atom stereocenters. The number of rotatable bonds is 4. The van der Waals surface area contributed by atoms with E-state index in [0.29, 0.717) is 10.7 Å². The molecule has 0 radical (unpaired) electrons. The molecule has 3 rings (SSSR count). The summed E-state index contributed by atoms with van der Waals surface area (Å²) in [4.78, 5) is 37.0. The Morgan fingerprint density at radius 3 is 2.44 bits per heavy atom. The Balaban J connectivity index is 1.84. The zero-order valence-electron chi connectivity index (χ0n) is 12.7. The van der Waals surface area contributed by atoms with E-state index < -0.39 is 17.9 Å². The number of carbonyl (C=O) groups excluding carboxylic acids is 2. The van der Waals surface area contributed by atoms with E-state index in [4.69, 9.17) is 28.3 Å². The Hall–Kier alpha value is -2.57. The second kappa shape index (κ2) is 6.74. The van der Waals surface area contributed by atoms with E-state index in [-0.39, 0.29) is 28.6 Å². The number of carbonyl (C=O) groups is 3. The molecule has 1 saturated heterocycles. The maximum atomic E-state index is 12.6. The lowest BCUT2D eigenvalue weighted by Gasteiger charge is -2.17. The number of carboxylic acids is 1. The fraction of sp³-hybridized carbons (Fsp3) is 0.118. The second-order valence-corrected chi connectivity index (χ2v) is 6.29. The summed E-state index contributed by atoms with van der Waals surface area (Å²) in [5.74, 6) is -1.92. The Labute approximate surface area is 153 Å². The van der Waals surface area contributed by atoms with Gasteiger partial charge in [-0.25, -0.2) is 9.69 Å². The van der Waals surface area contributed by atoms with Crippen molar-refractivity contribution in [1.82, 2.24) is 0 Å². The first-order valence-corrected chi connectivity index (χ1v) is 8.04. The molecule has 0 bridgehead atoms. The SMILES string of the molecule is O=C(O)c1ccc(Cl)c(NC2CC(=O)N(c3ccc(Cl)cc3)C2=O)c1. The van der Waals surface area contributed by atoms with Crippen molar-refractivity contribution in [3.05, 3.63) is 58.1 Å². The van der Waals surface area contributed by atoms with Crippen LogP contribution in [0.5, 0.6) is 0 Å². The third-order valence-corrected chi connectivity index (χ3v) is 4.36. The first-order chi connectivity index (χ1) is 11.9. The number of imide groups is 1. The smallest absolute Gasteiger partial charge is 0.335 e. The Morgan fingerprint density at radius 1 is 1.12 bits per heavy atom. The Morgan fingerprint density at radius 2 is 1.80 bits per heavy atom. The second-order valence-electron chi connectivity index (χ2n) is 5.44. The fourth-order valence-corrected chi connectivity index (χ4v) is 2.86. The number of aromatic carboxylic acids is 1. The summed E-state index contributed by atoms with van der Waals surface area (Å²) in [6.07, 6.45) is -0.0604. The molecule has 1 aliphatic rings. The van der Waals surface area contributed by atoms with E-state index in [9.17, 15) is 14.4 Å². The van der Waals surface area contributed by atoms with Gasteiger partial charge in [0.25, 0.3) is 5.91 Å². The quantitative estimate of drug-likeness (QED) is 0.795. The molecule has 0 aliphatic carbocycles. The molecular weight excluding hydrogens is 367 g/mol. The predicted octanol–water partition coefficient (Wildman–Crippen LogP) is 3.44. The van der Waals surface area contributed by atoms with Crippen molar-refractivity contribution in [1.29, 1.82) is 0 Å². The van der Waals surface area contributed by atoms with Crippen molar-refractivity contribution in [3.63, 3.8) is 0 Å². The highest BCUT2D eigenvalue weighted by Gasteiger charge is 2.39. The van der Waals surface area contributed by atoms with Crippen molar-refractivity contribution in [2.75, 3.05) is 10.2 Å². The average Bonchev–Trinajstić information content (AvgIpc) is 2.84. The van der Waals surface area contributed by atoms with Gasteiger partial charge in [-0.05, 0) is 42.5 Å². The number of nitrogens with one attached hydrogen (secondary N) is 1. The van der Waals surface area contributed by atoms with Crippen LogP contribution in [-0.4, -0.2) is 28.9 Å². The number of anilines is 2. The van der Waals surface area contributed by atoms with Crippen LogP contribution in [0.4, 0.5) is 11.4 Å². The maximum Gasteiger partial charge on any atom is 0.335 e. The normalized spacial score (nSPS) is 17.0. The van der Waals surface area contributed by atoms with Crippen LogP contribution in [-0.2, 0) is 9.59 Å². The molecular formula is C17H12Cl2N2O4. The van der Waals surface area contributed by atoms with E-state index in [1.54, 1.807) is 24.3 Å². The van der Waals surface area contributed by atoms with Gasteiger partial charge in [-0.3, -0.25) is 9.59 Å². The van der Waals surface area contributed by atoms with Crippen LogP contribution in [0.2, 0.25) is 10.0 Å². The van der Waals surface area contributed by atoms with E-state index in [0.717, 1.165) is 4.90 Å². The largest absolute Gasteiger partial charge is 0.478 e. The van der Waals surface area contributed by atoms with Crippen LogP contribution in [0.1, 0.15) is 16.8 Å². The van der Waals surface area contributed by atoms with E-state index in [2.05, 4.69) is 5.32 Å². The van der Waals surface area contributed by atoms with E-state index in [1.807, 2.05) is 0 Å². The van der Waals surface area contributed by atoms with Crippen molar-refractivity contribution >= 4 is 52.4 Å². The number of carboxylic acid groups (broad SMARTS) is 1. The molecule has 1 fully saturated rings. The average molecular weight is 379 g/mol. The lowest BCUT2D eigenvalue weighted by molar-refractivity contribution is -0.121. The van der Waals surface area contributed by atoms with E-state index >= 15 is 0 Å². The van der Waals surface area contributed by atoms with Gasteiger partial charge >= 0.3 is 5.97 Å². The van der Waals surface area contributed by atoms with Gasteiger partial charge in [0.15, 0.2) is 0 Å². The topological polar surface area (TPSA) is 86.7 Å². The first-order valence-electron chi connectivity index (χ1n) is 7.28. The maximum absolute atomic E-state index is 12.6. The minimum atomic E-state index is -1.11. The number of hydrogen-bond acceptors (Lipinski definition) is 4. The zero-order chi connectivity index (χ0) is 18.1. The highest BCUT2D eigenvalue weighted by atomic mass is 35.5.